The molecule has 1 aromatic rings. The Kier molecular flexibility index (Phi) is 4.91. The summed E-state index contributed by atoms with van der Waals surface area (Å²) in [6.07, 6.45) is 1.32. The molecule has 0 saturated carbocycles. The van der Waals surface area contributed by atoms with Crippen LogP contribution in [0.3, 0.4) is 0 Å². The highest BCUT2D eigenvalue weighted by Gasteiger charge is 2.43. The van der Waals surface area contributed by atoms with Gasteiger partial charge in [0.25, 0.3) is 0 Å². The molecule has 7 heteroatoms. The lowest BCUT2D eigenvalue weighted by atomic mass is 9.99. The SMILES string of the molecule is CC1(C(=O)O)CCCN1CC(=O)Nc1ccc(Br)cc1Cl. The lowest BCUT2D eigenvalue weighted by Crippen LogP contribution is -2.50. The van der Waals surface area contributed by atoms with Crippen LogP contribution in [0.5, 0.6) is 0 Å². The van der Waals surface area contributed by atoms with Gasteiger partial charge < -0.3 is 10.4 Å². The van der Waals surface area contributed by atoms with E-state index in [9.17, 15) is 14.7 Å². The second kappa shape index (κ2) is 6.34. The van der Waals surface area contributed by atoms with Crippen LogP contribution in [0.25, 0.3) is 0 Å². The number of halogens is 2. The van der Waals surface area contributed by atoms with Crippen molar-refractivity contribution in [3.05, 3.63) is 27.7 Å². The molecule has 1 aliphatic heterocycles. The highest BCUT2D eigenvalue weighted by molar-refractivity contribution is 9.10. The fourth-order valence-corrected chi connectivity index (χ4v) is 3.19. The average molecular weight is 376 g/mol. The van der Waals surface area contributed by atoms with Crippen LogP contribution in [0.15, 0.2) is 22.7 Å². The monoisotopic (exact) mass is 374 g/mol. The largest absolute Gasteiger partial charge is 0.480 e. The maximum absolute atomic E-state index is 12.1. The van der Waals surface area contributed by atoms with Crippen molar-refractivity contribution in [3.8, 4) is 0 Å². The summed E-state index contributed by atoms with van der Waals surface area (Å²) in [7, 11) is 0. The summed E-state index contributed by atoms with van der Waals surface area (Å²) < 4.78 is 0.823. The third kappa shape index (κ3) is 3.56. The van der Waals surface area contributed by atoms with Crippen LogP contribution < -0.4 is 5.32 Å². The molecular formula is C14H16BrClN2O3. The van der Waals surface area contributed by atoms with Crippen LogP contribution in [-0.4, -0.2) is 40.5 Å². The molecule has 1 amide bonds. The first kappa shape index (κ1) is 16.3. The highest BCUT2D eigenvalue weighted by atomic mass is 79.9. The molecule has 21 heavy (non-hydrogen) atoms. The summed E-state index contributed by atoms with van der Waals surface area (Å²) in [6, 6.07) is 5.16. The number of nitrogens with one attached hydrogen (secondary N) is 1. The van der Waals surface area contributed by atoms with Crippen molar-refractivity contribution in [1.29, 1.82) is 0 Å². The smallest absolute Gasteiger partial charge is 0.323 e. The van der Waals surface area contributed by atoms with E-state index in [4.69, 9.17) is 11.6 Å². The molecule has 1 fully saturated rings. The van der Waals surface area contributed by atoms with Crippen LogP contribution in [0, 0.1) is 0 Å². The van der Waals surface area contributed by atoms with Gasteiger partial charge >= 0.3 is 5.97 Å². The highest BCUT2D eigenvalue weighted by Crippen LogP contribution is 2.29. The van der Waals surface area contributed by atoms with Gasteiger partial charge in [-0.1, -0.05) is 27.5 Å². The van der Waals surface area contributed by atoms with E-state index in [1.807, 2.05) is 0 Å². The van der Waals surface area contributed by atoms with Crippen molar-refractivity contribution >= 4 is 45.1 Å². The molecule has 0 spiro atoms. The molecule has 1 atom stereocenters. The molecule has 1 aliphatic rings. The summed E-state index contributed by atoms with van der Waals surface area (Å²) in [6.45, 7) is 2.29. The number of hydrogen-bond acceptors (Lipinski definition) is 3. The van der Waals surface area contributed by atoms with Gasteiger partial charge in [0.05, 0.1) is 17.3 Å². The van der Waals surface area contributed by atoms with Gasteiger partial charge in [0.15, 0.2) is 0 Å². The van der Waals surface area contributed by atoms with Crippen molar-refractivity contribution in [3.63, 3.8) is 0 Å². The first-order chi connectivity index (χ1) is 9.83. The minimum Gasteiger partial charge on any atom is -0.480 e. The van der Waals surface area contributed by atoms with E-state index in [0.29, 0.717) is 23.7 Å². The van der Waals surface area contributed by atoms with Crippen molar-refractivity contribution in [2.45, 2.75) is 25.3 Å². The van der Waals surface area contributed by atoms with E-state index >= 15 is 0 Å². The lowest BCUT2D eigenvalue weighted by Gasteiger charge is -2.30. The Balaban J connectivity index is 2.03. The van der Waals surface area contributed by atoms with Gasteiger partial charge in [0.2, 0.25) is 5.91 Å². The Morgan fingerprint density at radius 2 is 2.24 bits per heavy atom. The Bertz CT molecular complexity index is 581. The Hall–Kier alpha value is -1.11. The molecule has 1 unspecified atom stereocenters. The summed E-state index contributed by atoms with van der Waals surface area (Å²) in [5.41, 5.74) is -0.456. The number of carboxylic acids is 1. The van der Waals surface area contributed by atoms with Gasteiger partial charge in [-0.3, -0.25) is 14.5 Å². The molecule has 1 heterocycles. The minimum atomic E-state index is -0.971. The first-order valence-corrected chi connectivity index (χ1v) is 7.73. The summed E-state index contributed by atoms with van der Waals surface area (Å²) >= 11 is 9.34. The van der Waals surface area contributed by atoms with Gasteiger partial charge in [-0.05, 0) is 44.5 Å². The van der Waals surface area contributed by atoms with E-state index in [1.54, 1.807) is 30.0 Å². The number of anilines is 1. The molecule has 0 bridgehead atoms. The second-order valence-electron chi connectivity index (χ2n) is 5.28. The molecule has 0 aliphatic carbocycles. The third-order valence-corrected chi connectivity index (χ3v) is 4.60. The third-order valence-electron chi connectivity index (χ3n) is 3.79. The Morgan fingerprint density at radius 1 is 1.52 bits per heavy atom. The van der Waals surface area contributed by atoms with Gasteiger partial charge in [0, 0.05) is 4.47 Å². The predicted molar refractivity (Wildman–Crippen MR) is 84.6 cm³/mol. The van der Waals surface area contributed by atoms with Crippen molar-refractivity contribution in [2.75, 3.05) is 18.4 Å². The van der Waals surface area contributed by atoms with Gasteiger partial charge in [-0.2, -0.15) is 0 Å². The number of aliphatic carboxylic acids is 1. The van der Waals surface area contributed by atoms with Crippen LogP contribution in [0.4, 0.5) is 5.69 Å². The van der Waals surface area contributed by atoms with E-state index in [1.165, 1.54) is 0 Å². The summed E-state index contributed by atoms with van der Waals surface area (Å²) in [5, 5.41) is 12.5. The quantitative estimate of drug-likeness (QED) is 0.849. The fraction of sp³-hybridized carbons (Fsp3) is 0.429. The number of hydrogen-bond donors (Lipinski definition) is 2. The normalized spacial score (nSPS) is 22.2. The standard InChI is InChI=1S/C14H16BrClN2O3/c1-14(13(20)21)5-2-6-18(14)8-12(19)17-11-4-3-9(15)7-10(11)16/h3-4,7H,2,5-6,8H2,1H3,(H,17,19)(H,20,21). The maximum atomic E-state index is 12.1. The molecule has 1 saturated heterocycles. The fourth-order valence-electron chi connectivity index (χ4n) is 2.47. The number of benzene rings is 1. The number of carbonyl (C=O) groups excluding carboxylic acids is 1. The van der Waals surface area contributed by atoms with Crippen LogP contribution in [-0.2, 0) is 9.59 Å². The van der Waals surface area contributed by atoms with Crippen LogP contribution in [0.2, 0.25) is 5.02 Å². The summed E-state index contributed by atoms with van der Waals surface area (Å²) in [5.74, 6) is -1.16. The van der Waals surface area contributed by atoms with E-state index < -0.39 is 11.5 Å². The number of carboxylic acid groups (broad SMARTS) is 1. The Morgan fingerprint density at radius 3 is 2.86 bits per heavy atom. The molecule has 1 aromatic carbocycles. The molecule has 2 N–H and O–H groups in total. The zero-order chi connectivity index (χ0) is 15.6. The lowest BCUT2D eigenvalue weighted by molar-refractivity contribution is -0.149. The molecule has 0 radical (unpaired) electrons. The van der Waals surface area contributed by atoms with Gasteiger partial charge in [0.1, 0.15) is 5.54 Å². The minimum absolute atomic E-state index is 0.0369. The molecular weight excluding hydrogens is 360 g/mol. The van der Waals surface area contributed by atoms with Gasteiger partial charge in [-0.15, -0.1) is 0 Å². The van der Waals surface area contributed by atoms with Crippen molar-refractivity contribution in [2.24, 2.45) is 0 Å². The van der Waals surface area contributed by atoms with Crippen LogP contribution in [0.1, 0.15) is 19.8 Å². The maximum Gasteiger partial charge on any atom is 0.323 e. The Labute approximate surface area is 136 Å². The number of rotatable bonds is 4. The summed E-state index contributed by atoms with van der Waals surface area (Å²) in [4.78, 5) is 25.2. The molecule has 2 rings (SSSR count). The number of nitrogens with zero attached hydrogens (tertiary/aromatic N) is 1. The second-order valence-corrected chi connectivity index (χ2v) is 6.60. The van der Waals surface area contributed by atoms with Crippen molar-refractivity contribution < 1.29 is 14.7 Å². The zero-order valence-electron chi connectivity index (χ0n) is 11.5. The van der Waals surface area contributed by atoms with Crippen molar-refractivity contribution in [1.82, 2.24) is 4.90 Å². The van der Waals surface area contributed by atoms with E-state index in [2.05, 4.69) is 21.2 Å². The number of amides is 1. The molecule has 0 aromatic heterocycles. The average Bonchev–Trinajstić information content (AvgIpc) is 2.76. The van der Waals surface area contributed by atoms with Crippen LogP contribution >= 0.6 is 27.5 Å². The number of carbonyl (C=O) groups is 2. The predicted octanol–water partition coefficient (Wildman–Crippen LogP) is 2.98. The van der Waals surface area contributed by atoms with E-state index in [-0.39, 0.29) is 12.5 Å². The number of likely N-dealkylation sites (tertiary alicyclic amines) is 1. The van der Waals surface area contributed by atoms with E-state index in [0.717, 1.165) is 10.9 Å². The topological polar surface area (TPSA) is 69.6 Å². The zero-order valence-corrected chi connectivity index (χ0v) is 13.9. The molecule has 5 nitrogen and oxygen atoms in total. The molecule has 114 valence electrons. The van der Waals surface area contributed by atoms with Gasteiger partial charge in [-0.25, -0.2) is 0 Å². The first-order valence-electron chi connectivity index (χ1n) is 6.56.